The van der Waals surface area contributed by atoms with Crippen molar-refractivity contribution in [3.8, 4) is 0 Å². The summed E-state index contributed by atoms with van der Waals surface area (Å²) >= 11 is 12.0. The van der Waals surface area contributed by atoms with Gasteiger partial charge in [-0.25, -0.2) is 4.79 Å². The summed E-state index contributed by atoms with van der Waals surface area (Å²) in [7, 11) is 0. The summed E-state index contributed by atoms with van der Waals surface area (Å²) < 4.78 is 10.7. The summed E-state index contributed by atoms with van der Waals surface area (Å²) in [6.07, 6.45) is -1.00. The molecule has 27 heavy (non-hydrogen) atoms. The lowest BCUT2D eigenvalue weighted by atomic mass is 10.1. The second kappa shape index (κ2) is 8.03. The van der Waals surface area contributed by atoms with E-state index in [2.05, 4.69) is 5.32 Å². The third-order valence-corrected chi connectivity index (χ3v) is 4.63. The lowest BCUT2D eigenvalue weighted by Gasteiger charge is -2.19. The highest BCUT2D eigenvalue weighted by atomic mass is 35.5. The first-order valence-electron chi connectivity index (χ1n) is 8.30. The number of fused-ring (bicyclic) bond motifs is 1. The highest BCUT2D eigenvalue weighted by Crippen LogP contribution is 2.26. The number of carbonyl (C=O) groups excluding carboxylic acids is 2. The van der Waals surface area contributed by atoms with Gasteiger partial charge in [0.25, 0.3) is 5.91 Å². The van der Waals surface area contributed by atoms with E-state index in [4.69, 9.17) is 32.4 Å². The maximum atomic E-state index is 12.4. The van der Waals surface area contributed by atoms with Gasteiger partial charge in [0, 0.05) is 15.4 Å². The van der Waals surface area contributed by atoms with Crippen molar-refractivity contribution in [2.75, 3.05) is 0 Å². The van der Waals surface area contributed by atoms with Crippen LogP contribution in [0.25, 0.3) is 11.0 Å². The average Bonchev–Trinajstić information content (AvgIpc) is 3.05. The van der Waals surface area contributed by atoms with Crippen molar-refractivity contribution in [2.45, 2.75) is 26.0 Å². The summed E-state index contributed by atoms with van der Waals surface area (Å²) in [5.74, 6) is -1.10. The van der Waals surface area contributed by atoms with Crippen LogP contribution in [-0.4, -0.2) is 18.0 Å². The first-order chi connectivity index (χ1) is 12.8. The number of benzene rings is 2. The van der Waals surface area contributed by atoms with E-state index in [0.717, 1.165) is 5.39 Å². The predicted octanol–water partition coefficient (Wildman–Crippen LogP) is 5.16. The molecule has 0 aliphatic rings. The Morgan fingerprint density at radius 2 is 1.81 bits per heavy atom. The molecule has 0 unspecified atom stereocenters. The number of amides is 1. The van der Waals surface area contributed by atoms with Gasteiger partial charge in [0.05, 0.1) is 6.04 Å². The number of para-hydroxylation sites is 1. The minimum absolute atomic E-state index is 0.0460. The monoisotopic (exact) mass is 405 g/mol. The fourth-order valence-corrected chi connectivity index (χ4v) is 3.19. The summed E-state index contributed by atoms with van der Waals surface area (Å²) in [5.41, 5.74) is 1.29. The van der Waals surface area contributed by atoms with E-state index in [1.165, 1.54) is 6.92 Å². The zero-order valence-corrected chi connectivity index (χ0v) is 16.2. The Balaban J connectivity index is 1.63. The van der Waals surface area contributed by atoms with Gasteiger partial charge in [-0.3, -0.25) is 4.79 Å². The molecule has 1 N–H and O–H groups in total. The molecule has 0 saturated carbocycles. The quantitative estimate of drug-likeness (QED) is 0.594. The lowest BCUT2D eigenvalue weighted by molar-refractivity contribution is -0.129. The Morgan fingerprint density at radius 3 is 2.52 bits per heavy atom. The zero-order chi connectivity index (χ0) is 19.6. The van der Waals surface area contributed by atoms with Crippen LogP contribution in [0.4, 0.5) is 0 Å². The molecule has 3 rings (SSSR count). The molecule has 0 saturated heterocycles. The minimum Gasteiger partial charge on any atom is -0.449 e. The van der Waals surface area contributed by atoms with Gasteiger partial charge in [-0.15, -0.1) is 0 Å². The van der Waals surface area contributed by atoms with Crippen LogP contribution in [0, 0.1) is 0 Å². The molecule has 140 valence electrons. The third-order valence-electron chi connectivity index (χ3n) is 4.07. The van der Waals surface area contributed by atoms with Crippen molar-refractivity contribution < 1.29 is 18.7 Å². The number of ether oxygens (including phenoxy) is 1. The van der Waals surface area contributed by atoms with E-state index >= 15 is 0 Å². The van der Waals surface area contributed by atoms with E-state index in [-0.39, 0.29) is 11.8 Å². The number of nitrogens with one attached hydrogen (secondary N) is 1. The van der Waals surface area contributed by atoms with Crippen molar-refractivity contribution in [2.24, 2.45) is 0 Å². The van der Waals surface area contributed by atoms with Crippen LogP contribution < -0.4 is 5.32 Å². The minimum atomic E-state index is -1.00. The van der Waals surface area contributed by atoms with Gasteiger partial charge in [0.1, 0.15) is 5.58 Å². The van der Waals surface area contributed by atoms with Crippen LogP contribution >= 0.6 is 23.2 Å². The number of carbonyl (C=O) groups is 2. The standard InChI is InChI=1S/C20H17Cl2NO4/c1-11(15-8-7-14(21)10-16(15)22)23-19(24)12(2)26-20(25)18-9-13-5-3-4-6-17(13)27-18/h3-12H,1-2H3,(H,23,24)/t11-,12-/m0/s1. The number of halogens is 2. The number of esters is 1. The van der Waals surface area contributed by atoms with Crippen molar-refractivity contribution >= 4 is 46.0 Å². The van der Waals surface area contributed by atoms with E-state index in [1.807, 2.05) is 12.1 Å². The molecule has 7 heteroatoms. The molecule has 1 aromatic heterocycles. The molecule has 0 bridgehead atoms. The Hall–Kier alpha value is -2.50. The molecular formula is C20H17Cl2NO4. The van der Waals surface area contributed by atoms with Crippen LogP contribution in [0.5, 0.6) is 0 Å². The van der Waals surface area contributed by atoms with Crippen LogP contribution in [0.2, 0.25) is 10.0 Å². The summed E-state index contributed by atoms with van der Waals surface area (Å²) in [5, 5.41) is 4.51. The third kappa shape index (κ3) is 4.43. The highest BCUT2D eigenvalue weighted by Gasteiger charge is 2.23. The second-order valence-electron chi connectivity index (χ2n) is 6.09. The molecule has 2 aromatic carbocycles. The van der Waals surface area contributed by atoms with Crippen LogP contribution in [0.15, 0.2) is 52.9 Å². The van der Waals surface area contributed by atoms with Crippen LogP contribution in [0.3, 0.4) is 0 Å². The average molecular weight is 406 g/mol. The topological polar surface area (TPSA) is 68.5 Å². The first kappa shape index (κ1) is 19.3. The molecule has 0 aliphatic carbocycles. The van der Waals surface area contributed by atoms with Gasteiger partial charge in [0.2, 0.25) is 5.76 Å². The fraction of sp³-hybridized carbons (Fsp3) is 0.200. The van der Waals surface area contributed by atoms with Crippen LogP contribution in [0.1, 0.15) is 36.0 Å². The molecule has 1 amide bonds. The number of hydrogen-bond donors (Lipinski definition) is 1. The Bertz CT molecular complexity index is 966. The van der Waals surface area contributed by atoms with Crippen molar-refractivity contribution in [3.63, 3.8) is 0 Å². The SMILES string of the molecule is C[C@H](OC(=O)c1cc2ccccc2o1)C(=O)N[C@@H](C)c1ccc(Cl)cc1Cl. The van der Waals surface area contributed by atoms with Crippen molar-refractivity contribution in [3.05, 3.63) is 69.9 Å². The molecule has 1 heterocycles. The van der Waals surface area contributed by atoms with E-state index in [9.17, 15) is 9.59 Å². The second-order valence-corrected chi connectivity index (χ2v) is 6.94. The van der Waals surface area contributed by atoms with E-state index in [0.29, 0.717) is 21.2 Å². The molecule has 2 atom stereocenters. The van der Waals surface area contributed by atoms with Gasteiger partial charge in [-0.2, -0.15) is 0 Å². The summed E-state index contributed by atoms with van der Waals surface area (Å²) in [6.45, 7) is 3.27. The van der Waals surface area contributed by atoms with Crippen LogP contribution in [-0.2, 0) is 9.53 Å². The lowest BCUT2D eigenvalue weighted by Crippen LogP contribution is -2.37. The molecule has 0 spiro atoms. The highest BCUT2D eigenvalue weighted by molar-refractivity contribution is 6.35. The van der Waals surface area contributed by atoms with Gasteiger partial charge in [0.15, 0.2) is 6.10 Å². The van der Waals surface area contributed by atoms with Gasteiger partial charge in [-0.1, -0.05) is 47.5 Å². The number of rotatable bonds is 5. The van der Waals surface area contributed by atoms with Crippen molar-refractivity contribution in [1.29, 1.82) is 0 Å². The van der Waals surface area contributed by atoms with Gasteiger partial charge in [-0.05, 0) is 43.7 Å². The number of hydrogen-bond acceptors (Lipinski definition) is 4. The largest absolute Gasteiger partial charge is 0.449 e. The summed E-state index contributed by atoms with van der Waals surface area (Å²) in [4.78, 5) is 24.6. The van der Waals surface area contributed by atoms with Crippen molar-refractivity contribution in [1.82, 2.24) is 5.32 Å². The Morgan fingerprint density at radius 1 is 1.07 bits per heavy atom. The maximum Gasteiger partial charge on any atom is 0.375 e. The maximum absolute atomic E-state index is 12.4. The van der Waals surface area contributed by atoms with E-state index < -0.39 is 18.0 Å². The predicted molar refractivity (Wildman–Crippen MR) is 104 cm³/mol. The zero-order valence-electron chi connectivity index (χ0n) is 14.7. The normalized spacial score (nSPS) is 13.2. The summed E-state index contributed by atoms with van der Waals surface area (Å²) in [6, 6.07) is 13.5. The molecule has 0 radical (unpaired) electrons. The van der Waals surface area contributed by atoms with Gasteiger partial charge >= 0.3 is 5.97 Å². The fourth-order valence-electron chi connectivity index (χ4n) is 2.62. The smallest absolute Gasteiger partial charge is 0.375 e. The van der Waals surface area contributed by atoms with Gasteiger partial charge < -0.3 is 14.5 Å². The van der Waals surface area contributed by atoms with E-state index in [1.54, 1.807) is 43.3 Å². The first-order valence-corrected chi connectivity index (χ1v) is 9.05. The molecular weight excluding hydrogens is 389 g/mol. The Labute approximate surface area is 166 Å². The Kier molecular flexibility index (Phi) is 5.73. The molecule has 3 aromatic rings. The number of furan rings is 1. The molecule has 5 nitrogen and oxygen atoms in total. The molecule has 0 aliphatic heterocycles. The molecule has 0 fully saturated rings.